The Bertz CT molecular complexity index is 959. The number of thiazole rings is 1. The normalized spacial score (nSPS) is 21.2. The second kappa shape index (κ2) is 6.52. The number of hydrogen-bond acceptors (Lipinski definition) is 7. The Labute approximate surface area is 159 Å². The molecule has 2 aliphatic heterocycles. The predicted octanol–water partition coefficient (Wildman–Crippen LogP) is 2.56. The molecule has 0 bridgehead atoms. The molecule has 0 aliphatic carbocycles. The molecule has 0 saturated carbocycles. The number of rotatable bonds is 3. The fraction of sp³-hybridized carbons (Fsp3) is 0.444. The van der Waals surface area contributed by atoms with Gasteiger partial charge < -0.3 is 14.6 Å². The number of piperidine rings is 1. The van der Waals surface area contributed by atoms with Crippen molar-refractivity contribution in [3.05, 3.63) is 46.9 Å². The van der Waals surface area contributed by atoms with Crippen LogP contribution < -0.4 is 0 Å². The van der Waals surface area contributed by atoms with Gasteiger partial charge >= 0.3 is 0 Å². The van der Waals surface area contributed by atoms with Gasteiger partial charge in [0, 0.05) is 25.9 Å². The summed E-state index contributed by atoms with van der Waals surface area (Å²) in [7, 11) is 0. The van der Waals surface area contributed by atoms with Crippen molar-refractivity contribution in [1.29, 1.82) is 0 Å². The first-order chi connectivity index (χ1) is 13.2. The van der Waals surface area contributed by atoms with E-state index in [1.807, 2.05) is 6.07 Å². The highest BCUT2D eigenvalue weighted by atomic mass is 32.1. The highest BCUT2D eigenvalue weighted by Gasteiger charge is 2.42. The summed E-state index contributed by atoms with van der Waals surface area (Å²) in [5.41, 5.74) is 0.791. The lowest BCUT2D eigenvalue weighted by Gasteiger charge is -2.41. The van der Waals surface area contributed by atoms with Crippen LogP contribution >= 0.6 is 11.3 Å². The zero-order valence-corrected chi connectivity index (χ0v) is 15.4. The molecule has 2 fully saturated rings. The van der Waals surface area contributed by atoms with Gasteiger partial charge in [-0.3, -0.25) is 4.90 Å². The molecule has 1 atom stereocenters. The summed E-state index contributed by atoms with van der Waals surface area (Å²) in [6.45, 7) is 2.69. The largest absolute Gasteiger partial charge is 0.492 e. The quantitative estimate of drug-likeness (QED) is 0.741. The Morgan fingerprint density at radius 1 is 1.22 bits per heavy atom. The molecule has 7 nitrogen and oxygen atoms in total. The summed E-state index contributed by atoms with van der Waals surface area (Å²) in [5, 5.41) is 14.8. The maximum atomic E-state index is 13.9. The molecule has 2 aliphatic rings. The van der Waals surface area contributed by atoms with Gasteiger partial charge in [-0.15, -0.1) is 0 Å². The highest BCUT2D eigenvalue weighted by molar-refractivity contribution is 7.17. The van der Waals surface area contributed by atoms with E-state index in [2.05, 4.69) is 15.0 Å². The van der Waals surface area contributed by atoms with Gasteiger partial charge in [0.1, 0.15) is 12.1 Å². The topological polar surface area (TPSA) is 72.1 Å². The molecule has 0 unspecified atom stereocenters. The van der Waals surface area contributed by atoms with Gasteiger partial charge in [0.2, 0.25) is 10.8 Å². The van der Waals surface area contributed by atoms with Crippen LogP contribution in [0.1, 0.15) is 29.3 Å². The Morgan fingerprint density at radius 2 is 2.00 bits per heavy atom. The molecule has 4 heterocycles. The number of halogens is 1. The van der Waals surface area contributed by atoms with E-state index in [4.69, 9.17) is 9.47 Å². The summed E-state index contributed by atoms with van der Waals surface area (Å²) in [6.07, 6.45) is 2.88. The van der Waals surface area contributed by atoms with E-state index in [0.717, 1.165) is 18.4 Å². The van der Waals surface area contributed by atoms with Crippen molar-refractivity contribution in [2.45, 2.75) is 24.7 Å². The fourth-order valence-electron chi connectivity index (χ4n) is 3.99. The molecule has 1 aromatic carbocycles. The monoisotopic (exact) mass is 390 g/mol. The maximum Gasteiger partial charge on any atom is 0.230 e. The van der Waals surface area contributed by atoms with Crippen molar-refractivity contribution >= 4 is 16.3 Å². The molecule has 3 aromatic rings. The van der Waals surface area contributed by atoms with E-state index in [1.54, 1.807) is 6.07 Å². The molecule has 1 spiro atoms. The van der Waals surface area contributed by atoms with Crippen LogP contribution in [0, 0.1) is 5.82 Å². The Balaban J connectivity index is 1.53. The zero-order valence-electron chi connectivity index (χ0n) is 14.5. The zero-order chi connectivity index (χ0) is 18.4. The summed E-state index contributed by atoms with van der Waals surface area (Å²) in [6, 6.07) is 6.24. The SMILES string of the molecule is Oc1c([C@@H](c2cccc(F)c2)N2CCC3(CC2)OCCO3)sc2ncnn12. The third-order valence-corrected chi connectivity index (χ3v) is 6.38. The molecule has 2 aromatic heterocycles. The number of hydrogen-bond donors (Lipinski definition) is 1. The van der Waals surface area contributed by atoms with Crippen LogP contribution in [-0.2, 0) is 9.47 Å². The second-order valence-electron chi connectivity index (χ2n) is 6.85. The third-order valence-electron chi connectivity index (χ3n) is 5.29. The van der Waals surface area contributed by atoms with Crippen molar-refractivity contribution in [2.24, 2.45) is 0 Å². The number of likely N-dealkylation sites (tertiary alicyclic amines) is 1. The van der Waals surface area contributed by atoms with Crippen LogP contribution in [0.4, 0.5) is 4.39 Å². The molecule has 0 radical (unpaired) electrons. The van der Waals surface area contributed by atoms with Gasteiger partial charge in [-0.2, -0.15) is 9.61 Å². The van der Waals surface area contributed by atoms with E-state index in [-0.39, 0.29) is 17.7 Å². The van der Waals surface area contributed by atoms with E-state index in [9.17, 15) is 9.50 Å². The first-order valence-corrected chi connectivity index (χ1v) is 9.76. The van der Waals surface area contributed by atoms with Gasteiger partial charge in [-0.05, 0) is 17.7 Å². The third kappa shape index (κ3) is 2.91. The van der Waals surface area contributed by atoms with Crippen molar-refractivity contribution < 1.29 is 19.0 Å². The molecule has 0 amide bonds. The number of ether oxygens (including phenoxy) is 2. The average Bonchev–Trinajstić information content (AvgIpc) is 3.37. The van der Waals surface area contributed by atoms with Crippen molar-refractivity contribution in [2.75, 3.05) is 26.3 Å². The fourth-order valence-corrected chi connectivity index (χ4v) is 5.08. The molecular formula is C18H19FN4O3S. The minimum Gasteiger partial charge on any atom is -0.492 e. The Morgan fingerprint density at radius 3 is 2.70 bits per heavy atom. The van der Waals surface area contributed by atoms with Crippen LogP contribution in [-0.4, -0.2) is 56.7 Å². The summed E-state index contributed by atoms with van der Waals surface area (Å²) < 4.78 is 27.0. The van der Waals surface area contributed by atoms with E-state index < -0.39 is 5.79 Å². The first kappa shape index (κ1) is 17.1. The lowest BCUT2D eigenvalue weighted by Crippen LogP contribution is -2.46. The van der Waals surface area contributed by atoms with Crippen LogP contribution in [0.15, 0.2) is 30.6 Å². The first-order valence-electron chi connectivity index (χ1n) is 8.94. The van der Waals surface area contributed by atoms with Gasteiger partial charge in [-0.1, -0.05) is 23.5 Å². The van der Waals surface area contributed by atoms with Gasteiger partial charge in [0.15, 0.2) is 5.79 Å². The van der Waals surface area contributed by atoms with Gasteiger partial charge in [0.05, 0.1) is 24.1 Å². The van der Waals surface area contributed by atoms with E-state index in [0.29, 0.717) is 36.1 Å². The predicted molar refractivity (Wildman–Crippen MR) is 96.2 cm³/mol. The molecule has 5 rings (SSSR count). The smallest absolute Gasteiger partial charge is 0.230 e. The van der Waals surface area contributed by atoms with Crippen molar-refractivity contribution in [1.82, 2.24) is 19.5 Å². The summed E-state index contributed by atoms with van der Waals surface area (Å²) in [5.74, 6) is -0.737. The van der Waals surface area contributed by atoms with Crippen LogP contribution in [0.2, 0.25) is 0 Å². The molecular weight excluding hydrogens is 371 g/mol. The van der Waals surface area contributed by atoms with E-state index in [1.165, 1.54) is 34.3 Å². The van der Waals surface area contributed by atoms with Crippen molar-refractivity contribution in [3.63, 3.8) is 0 Å². The minimum absolute atomic E-state index is 0.0513. The van der Waals surface area contributed by atoms with Crippen LogP contribution in [0.3, 0.4) is 0 Å². The molecule has 1 N–H and O–H groups in total. The standard InChI is InChI=1S/C18H19FN4O3S/c19-13-3-1-2-12(10-13)14(15-16(24)23-17(27-15)20-11-21-23)22-6-4-18(5-7-22)25-8-9-26-18/h1-3,10-11,14,24H,4-9H2/t14-/m1/s1. The minimum atomic E-state index is -0.489. The lowest BCUT2D eigenvalue weighted by molar-refractivity contribution is -0.187. The molecule has 142 valence electrons. The van der Waals surface area contributed by atoms with Crippen LogP contribution in [0.5, 0.6) is 5.88 Å². The maximum absolute atomic E-state index is 13.9. The summed E-state index contributed by atoms with van der Waals surface area (Å²) >= 11 is 1.37. The number of benzene rings is 1. The lowest BCUT2D eigenvalue weighted by atomic mass is 9.97. The van der Waals surface area contributed by atoms with Crippen molar-refractivity contribution in [3.8, 4) is 5.88 Å². The molecule has 27 heavy (non-hydrogen) atoms. The molecule has 9 heteroatoms. The number of aromatic hydroxyl groups is 1. The number of fused-ring (bicyclic) bond motifs is 1. The Kier molecular flexibility index (Phi) is 4.12. The van der Waals surface area contributed by atoms with Gasteiger partial charge in [0.25, 0.3) is 0 Å². The number of aromatic nitrogens is 3. The molecule has 2 saturated heterocycles. The average molecular weight is 390 g/mol. The second-order valence-corrected chi connectivity index (χ2v) is 7.85. The highest BCUT2D eigenvalue weighted by Crippen LogP contribution is 2.42. The van der Waals surface area contributed by atoms with E-state index >= 15 is 0 Å². The summed E-state index contributed by atoms with van der Waals surface area (Å²) in [4.78, 5) is 7.73. The van der Waals surface area contributed by atoms with Gasteiger partial charge in [-0.25, -0.2) is 9.37 Å². The Hall–Kier alpha value is -2.07. The number of nitrogens with zero attached hydrogens (tertiary/aromatic N) is 4. The van der Waals surface area contributed by atoms with Crippen LogP contribution in [0.25, 0.3) is 4.96 Å².